The number of amides is 1. The van der Waals surface area contributed by atoms with E-state index in [4.69, 9.17) is 20.8 Å². The molecule has 1 aromatic heterocycles. The lowest BCUT2D eigenvalue weighted by Crippen LogP contribution is -2.43. The van der Waals surface area contributed by atoms with Gasteiger partial charge in [-0.2, -0.15) is 0 Å². The first-order valence-corrected chi connectivity index (χ1v) is 8.68. The first kappa shape index (κ1) is 18.3. The van der Waals surface area contributed by atoms with Crippen LogP contribution in [0.5, 0.6) is 0 Å². The van der Waals surface area contributed by atoms with Gasteiger partial charge in [-0.1, -0.05) is 41.9 Å². The number of hydrogen-bond acceptors (Lipinski definition) is 4. The van der Waals surface area contributed by atoms with Crippen LogP contribution in [0.25, 0.3) is 11.0 Å². The van der Waals surface area contributed by atoms with Crippen LogP contribution in [0, 0.1) is 0 Å². The summed E-state index contributed by atoms with van der Waals surface area (Å²) in [6.07, 6.45) is -0.562. The molecule has 3 rings (SSSR count). The summed E-state index contributed by atoms with van der Waals surface area (Å²) >= 11 is 5.99. The van der Waals surface area contributed by atoms with E-state index in [0.29, 0.717) is 10.8 Å². The van der Waals surface area contributed by atoms with E-state index < -0.39 is 17.7 Å². The Bertz CT molecular complexity index is 864. The van der Waals surface area contributed by atoms with E-state index in [-0.39, 0.29) is 0 Å². The maximum absolute atomic E-state index is 12.0. The summed E-state index contributed by atoms with van der Waals surface area (Å²) in [4.78, 5) is 12.0. The standard InChI is InChI=1S/C20H21ClN2O3/c1-20(2,3)26-19(24)23-22-18(13-8-10-15(21)11-9-13)17-12-14-6-4-5-7-16(14)25-17/h4-12,18,22H,1-3H3,(H,23,24)/t18-/m0/s1. The Labute approximate surface area is 157 Å². The first-order valence-electron chi connectivity index (χ1n) is 8.30. The molecule has 136 valence electrons. The Kier molecular flexibility index (Phi) is 5.20. The largest absolute Gasteiger partial charge is 0.459 e. The van der Waals surface area contributed by atoms with Crippen LogP contribution < -0.4 is 10.9 Å². The predicted octanol–water partition coefficient (Wildman–Crippen LogP) is 5.20. The van der Waals surface area contributed by atoms with Gasteiger partial charge < -0.3 is 9.15 Å². The number of ether oxygens (including phenoxy) is 1. The second kappa shape index (κ2) is 7.40. The fourth-order valence-electron chi connectivity index (χ4n) is 2.55. The fraction of sp³-hybridized carbons (Fsp3) is 0.250. The van der Waals surface area contributed by atoms with Gasteiger partial charge in [0.25, 0.3) is 0 Å². The van der Waals surface area contributed by atoms with E-state index >= 15 is 0 Å². The molecule has 0 fully saturated rings. The highest BCUT2D eigenvalue weighted by Crippen LogP contribution is 2.28. The van der Waals surface area contributed by atoms with E-state index in [2.05, 4.69) is 10.9 Å². The van der Waals surface area contributed by atoms with Gasteiger partial charge in [-0.15, -0.1) is 0 Å². The van der Waals surface area contributed by atoms with Crippen molar-refractivity contribution in [2.24, 2.45) is 0 Å². The van der Waals surface area contributed by atoms with E-state index in [1.165, 1.54) is 0 Å². The van der Waals surface area contributed by atoms with Crippen molar-refractivity contribution in [2.45, 2.75) is 32.4 Å². The van der Waals surface area contributed by atoms with Gasteiger partial charge in [0.15, 0.2) is 0 Å². The Morgan fingerprint density at radius 2 is 1.81 bits per heavy atom. The average molecular weight is 373 g/mol. The van der Waals surface area contributed by atoms with Gasteiger partial charge in [0.1, 0.15) is 23.0 Å². The summed E-state index contributed by atoms with van der Waals surface area (Å²) in [5.74, 6) is 0.671. The molecule has 0 unspecified atom stereocenters. The Morgan fingerprint density at radius 1 is 1.12 bits per heavy atom. The molecule has 0 bridgehead atoms. The highest BCUT2D eigenvalue weighted by atomic mass is 35.5. The number of benzene rings is 2. The molecule has 0 spiro atoms. The van der Waals surface area contributed by atoms with Crippen LogP contribution in [0.3, 0.4) is 0 Å². The van der Waals surface area contributed by atoms with Gasteiger partial charge in [-0.05, 0) is 50.6 Å². The second-order valence-electron chi connectivity index (χ2n) is 6.94. The third kappa shape index (κ3) is 4.56. The summed E-state index contributed by atoms with van der Waals surface area (Å²) in [7, 11) is 0. The molecule has 6 heteroatoms. The fourth-order valence-corrected chi connectivity index (χ4v) is 2.68. The Balaban J connectivity index is 1.86. The third-order valence-electron chi connectivity index (χ3n) is 3.65. The van der Waals surface area contributed by atoms with Gasteiger partial charge in [0, 0.05) is 10.4 Å². The molecule has 5 nitrogen and oxygen atoms in total. The lowest BCUT2D eigenvalue weighted by molar-refractivity contribution is 0.0490. The maximum atomic E-state index is 12.0. The van der Waals surface area contributed by atoms with Gasteiger partial charge in [0.05, 0.1) is 0 Å². The number of fused-ring (bicyclic) bond motifs is 1. The summed E-state index contributed by atoms with van der Waals surface area (Å²) < 4.78 is 11.2. The van der Waals surface area contributed by atoms with Crippen LogP contribution in [0.2, 0.25) is 5.02 Å². The monoisotopic (exact) mass is 372 g/mol. The van der Waals surface area contributed by atoms with Gasteiger partial charge in [0.2, 0.25) is 0 Å². The zero-order valence-corrected chi connectivity index (χ0v) is 15.6. The topological polar surface area (TPSA) is 63.5 Å². The third-order valence-corrected chi connectivity index (χ3v) is 3.90. The number of carbonyl (C=O) groups excluding carboxylic acids is 1. The van der Waals surface area contributed by atoms with E-state index in [1.54, 1.807) is 12.1 Å². The highest BCUT2D eigenvalue weighted by Gasteiger charge is 2.21. The minimum absolute atomic E-state index is 0.396. The molecule has 26 heavy (non-hydrogen) atoms. The number of halogens is 1. The van der Waals surface area contributed by atoms with Crippen molar-refractivity contribution in [1.82, 2.24) is 10.9 Å². The SMILES string of the molecule is CC(C)(C)OC(=O)NN[C@@H](c1ccc(Cl)cc1)c1cc2ccccc2o1. The quantitative estimate of drug-likeness (QED) is 0.617. The van der Waals surface area contributed by atoms with E-state index in [9.17, 15) is 4.79 Å². The molecule has 1 heterocycles. The number of nitrogens with one attached hydrogen (secondary N) is 2. The van der Waals surface area contributed by atoms with Crippen molar-refractivity contribution >= 4 is 28.7 Å². The highest BCUT2D eigenvalue weighted by molar-refractivity contribution is 6.30. The molecule has 0 aliphatic carbocycles. The van der Waals surface area contributed by atoms with Gasteiger partial charge >= 0.3 is 6.09 Å². The number of rotatable bonds is 4. The molecule has 0 aliphatic rings. The van der Waals surface area contributed by atoms with Gasteiger partial charge in [-0.25, -0.2) is 10.2 Å². The zero-order chi connectivity index (χ0) is 18.7. The summed E-state index contributed by atoms with van der Waals surface area (Å²) in [6, 6.07) is 16.6. The van der Waals surface area contributed by atoms with E-state index in [1.807, 2.05) is 63.2 Å². The van der Waals surface area contributed by atoms with Crippen molar-refractivity contribution in [1.29, 1.82) is 0 Å². The average Bonchev–Trinajstić information content (AvgIpc) is 2.98. The number of hydrazine groups is 1. The lowest BCUT2D eigenvalue weighted by atomic mass is 10.1. The predicted molar refractivity (Wildman–Crippen MR) is 102 cm³/mol. The number of hydrogen-bond donors (Lipinski definition) is 2. The van der Waals surface area contributed by atoms with Crippen molar-refractivity contribution in [2.75, 3.05) is 0 Å². The molecule has 0 radical (unpaired) electrons. The van der Waals surface area contributed by atoms with Crippen LogP contribution in [-0.2, 0) is 4.74 Å². The van der Waals surface area contributed by atoms with E-state index in [0.717, 1.165) is 16.5 Å². The maximum Gasteiger partial charge on any atom is 0.422 e. The number of carbonyl (C=O) groups is 1. The molecule has 0 saturated carbocycles. The molecule has 0 aliphatic heterocycles. The van der Waals surface area contributed by atoms with Crippen LogP contribution in [0.15, 0.2) is 59.0 Å². The van der Waals surface area contributed by atoms with Crippen LogP contribution in [0.1, 0.15) is 38.1 Å². The second-order valence-corrected chi connectivity index (χ2v) is 7.38. The molecule has 3 aromatic rings. The summed E-state index contributed by atoms with van der Waals surface area (Å²) in [5, 5.41) is 1.62. The minimum atomic E-state index is -0.582. The number of para-hydroxylation sites is 1. The normalized spacial score (nSPS) is 12.8. The van der Waals surface area contributed by atoms with Gasteiger partial charge in [-0.3, -0.25) is 5.43 Å². The molecular formula is C20H21ClN2O3. The summed E-state index contributed by atoms with van der Waals surface area (Å²) in [5.41, 5.74) is 6.67. The summed E-state index contributed by atoms with van der Waals surface area (Å²) in [6.45, 7) is 5.42. The van der Waals surface area contributed by atoms with Crippen molar-refractivity contribution in [3.8, 4) is 0 Å². The van der Waals surface area contributed by atoms with Crippen LogP contribution in [0.4, 0.5) is 4.79 Å². The molecule has 2 N–H and O–H groups in total. The smallest absolute Gasteiger partial charge is 0.422 e. The zero-order valence-electron chi connectivity index (χ0n) is 14.9. The van der Waals surface area contributed by atoms with Crippen molar-refractivity contribution in [3.63, 3.8) is 0 Å². The number of furan rings is 1. The molecule has 0 saturated heterocycles. The molecule has 1 amide bonds. The van der Waals surface area contributed by atoms with Crippen LogP contribution in [-0.4, -0.2) is 11.7 Å². The molecule has 2 aromatic carbocycles. The first-order chi connectivity index (χ1) is 12.3. The molecular weight excluding hydrogens is 352 g/mol. The lowest BCUT2D eigenvalue weighted by Gasteiger charge is -2.22. The van der Waals surface area contributed by atoms with Crippen molar-refractivity contribution < 1.29 is 13.9 Å². The van der Waals surface area contributed by atoms with Crippen molar-refractivity contribution in [3.05, 3.63) is 70.9 Å². The molecule has 1 atom stereocenters. The Morgan fingerprint density at radius 3 is 2.46 bits per heavy atom. The minimum Gasteiger partial charge on any atom is -0.459 e. The Hall–Kier alpha value is -2.50. The van der Waals surface area contributed by atoms with Crippen LogP contribution >= 0.6 is 11.6 Å².